The third-order valence-corrected chi connectivity index (χ3v) is 3.65. The first-order valence-electron chi connectivity index (χ1n) is 6.97. The molecule has 1 fully saturated rings. The summed E-state index contributed by atoms with van der Waals surface area (Å²) in [6.07, 6.45) is 6.57. The Balaban J connectivity index is 2.00. The van der Waals surface area contributed by atoms with Crippen LogP contribution in [0.25, 0.3) is 0 Å². The van der Waals surface area contributed by atoms with Gasteiger partial charge in [0.05, 0.1) is 5.69 Å². The van der Waals surface area contributed by atoms with Crippen molar-refractivity contribution in [3.05, 3.63) is 17.8 Å². The molecule has 1 aromatic heterocycles. The third-order valence-electron chi connectivity index (χ3n) is 3.65. The van der Waals surface area contributed by atoms with Gasteiger partial charge in [-0.2, -0.15) is 5.10 Å². The monoisotopic (exact) mass is 248 g/mol. The molecule has 18 heavy (non-hydrogen) atoms. The fourth-order valence-corrected chi connectivity index (χ4v) is 2.68. The van der Waals surface area contributed by atoms with Crippen LogP contribution in [0.5, 0.6) is 0 Å². The van der Waals surface area contributed by atoms with Gasteiger partial charge in [0.15, 0.2) is 5.82 Å². The van der Waals surface area contributed by atoms with Gasteiger partial charge in [-0.15, -0.1) is 5.10 Å². The second-order valence-electron chi connectivity index (χ2n) is 5.51. The molecule has 4 nitrogen and oxygen atoms in total. The Hall–Kier alpha value is -1.16. The molecule has 0 amide bonds. The van der Waals surface area contributed by atoms with Gasteiger partial charge in [-0.05, 0) is 31.9 Å². The minimum Gasteiger partial charge on any atom is -0.357 e. The first kappa shape index (κ1) is 13.3. The highest BCUT2D eigenvalue weighted by Gasteiger charge is 2.17. The zero-order valence-corrected chi connectivity index (χ0v) is 11.5. The van der Waals surface area contributed by atoms with Crippen LogP contribution in [0.3, 0.4) is 0 Å². The average Bonchev–Trinajstić information content (AvgIpc) is 2.39. The van der Waals surface area contributed by atoms with Crippen LogP contribution in [0.2, 0.25) is 0 Å². The van der Waals surface area contributed by atoms with Crippen molar-refractivity contribution in [2.75, 3.05) is 18.5 Å². The van der Waals surface area contributed by atoms with Crippen LogP contribution in [-0.4, -0.2) is 29.8 Å². The smallest absolute Gasteiger partial charge is 0.151 e. The van der Waals surface area contributed by atoms with E-state index in [1.807, 2.05) is 14.0 Å². The van der Waals surface area contributed by atoms with Crippen LogP contribution >= 0.6 is 0 Å². The molecule has 1 aromatic rings. The average molecular weight is 248 g/mol. The molecule has 1 aliphatic carbocycles. The zero-order valence-electron chi connectivity index (χ0n) is 11.5. The summed E-state index contributed by atoms with van der Waals surface area (Å²) in [7, 11) is 2.01. The van der Waals surface area contributed by atoms with E-state index in [2.05, 4.69) is 27.2 Å². The van der Waals surface area contributed by atoms with E-state index in [0.29, 0.717) is 5.92 Å². The molecular formula is C14H24N4. The van der Waals surface area contributed by atoms with Crippen LogP contribution in [0.15, 0.2) is 12.1 Å². The molecule has 1 atom stereocenters. The molecule has 4 heteroatoms. The van der Waals surface area contributed by atoms with Gasteiger partial charge >= 0.3 is 0 Å². The number of rotatable bonds is 4. The van der Waals surface area contributed by atoms with Gasteiger partial charge in [0.1, 0.15) is 0 Å². The minimum atomic E-state index is 0.148. The Labute approximate surface area is 110 Å². The Morgan fingerprint density at radius 3 is 2.56 bits per heavy atom. The maximum absolute atomic E-state index is 5.79. The molecule has 0 saturated heterocycles. The standard InChI is InChI=1S/C14H24N4/c1-11(15)10-18(2)14-9-8-13(16-17-14)12-6-4-3-5-7-12/h8-9,11-12H,3-7,10,15H2,1-2H3. The van der Waals surface area contributed by atoms with E-state index in [-0.39, 0.29) is 6.04 Å². The van der Waals surface area contributed by atoms with Crippen molar-refractivity contribution in [3.63, 3.8) is 0 Å². The largest absolute Gasteiger partial charge is 0.357 e. The zero-order chi connectivity index (χ0) is 13.0. The van der Waals surface area contributed by atoms with E-state index >= 15 is 0 Å². The summed E-state index contributed by atoms with van der Waals surface area (Å²) in [4.78, 5) is 2.06. The normalized spacial score (nSPS) is 18.6. The second-order valence-corrected chi connectivity index (χ2v) is 5.51. The van der Waals surface area contributed by atoms with Gasteiger partial charge < -0.3 is 10.6 Å². The number of aromatic nitrogens is 2. The van der Waals surface area contributed by atoms with E-state index in [9.17, 15) is 0 Å². The maximum atomic E-state index is 5.79. The molecule has 1 heterocycles. The number of nitrogens with zero attached hydrogens (tertiary/aromatic N) is 3. The molecule has 2 rings (SSSR count). The van der Waals surface area contributed by atoms with Gasteiger partial charge in [0, 0.05) is 25.6 Å². The molecular weight excluding hydrogens is 224 g/mol. The van der Waals surface area contributed by atoms with Crippen molar-refractivity contribution in [1.29, 1.82) is 0 Å². The van der Waals surface area contributed by atoms with E-state index in [1.54, 1.807) is 0 Å². The molecule has 0 spiro atoms. The molecule has 2 N–H and O–H groups in total. The lowest BCUT2D eigenvalue weighted by molar-refractivity contribution is 0.434. The Bertz CT molecular complexity index is 355. The molecule has 1 aliphatic rings. The summed E-state index contributed by atoms with van der Waals surface area (Å²) in [6, 6.07) is 4.35. The first-order valence-corrected chi connectivity index (χ1v) is 6.97. The van der Waals surface area contributed by atoms with E-state index < -0.39 is 0 Å². The van der Waals surface area contributed by atoms with Gasteiger partial charge in [-0.25, -0.2) is 0 Å². The molecule has 0 aromatic carbocycles. The predicted octanol–water partition coefficient (Wildman–Crippen LogP) is 2.31. The predicted molar refractivity (Wildman–Crippen MR) is 74.8 cm³/mol. The fraction of sp³-hybridized carbons (Fsp3) is 0.714. The topological polar surface area (TPSA) is 55.0 Å². The summed E-state index contributed by atoms with van der Waals surface area (Å²) in [5, 5.41) is 8.73. The van der Waals surface area contributed by atoms with Gasteiger partial charge in [-0.3, -0.25) is 0 Å². The highest BCUT2D eigenvalue weighted by molar-refractivity contribution is 5.36. The molecule has 0 bridgehead atoms. The van der Waals surface area contributed by atoms with Crippen LogP contribution in [-0.2, 0) is 0 Å². The van der Waals surface area contributed by atoms with Crippen molar-refractivity contribution < 1.29 is 0 Å². The Kier molecular flexibility index (Phi) is 4.53. The van der Waals surface area contributed by atoms with Crippen LogP contribution in [0.1, 0.15) is 50.6 Å². The van der Waals surface area contributed by atoms with Crippen LogP contribution in [0, 0.1) is 0 Å². The number of hydrogen-bond acceptors (Lipinski definition) is 4. The van der Waals surface area contributed by atoms with Crippen molar-refractivity contribution in [2.45, 2.75) is 51.0 Å². The summed E-state index contributed by atoms with van der Waals surface area (Å²) in [6.45, 7) is 2.80. The van der Waals surface area contributed by atoms with Crippen LogP contribution in [0.4, 0.5) is 5.82 Å². The molecule has 0 aliphatic heterocycles. The van der Waals surface area contributed by atoms with Gasteiger partial charge in [0.25, 0.3) is 0 Å². The number of likely N-dealkylation sites (N-methyl/N-ethyl adjacent to an activating group) is 1. The minimum absolute atomic E-state index is 0.148. The molecule has 0 radical (unpaired) electrons. The first-order chi connectivity index (χ1) is 8.66. The van der Waals surface area contributed by atoms with Crippen LogP contribution < -0.4 is 10.6 Å². The summed E-state index contributed by atoms with van der Waals surface area (Å²) in [5.74, 6) is 1.53. The van der Waals surface area contributed by atoms with E-state index in [4.69, 9.17) is 5.73 Å². The Morgan fingerprint density at radius 1 is 1.28 bits per heavy atom. The quantitative estimate of drug-likeness (QED) is 0.888. The lowest BCUT2D eigenvalue weighted by atomic mass is 9.87. The summed E-state index contributed by atoms with van der Waals surface area (Å²) >= 11 is 0. The lowest BCUT2D eigenvalue weighted by Crippen LogP contribution is -2.33. The highest BCUT2D eigenvalue weighted by atomic mass is 15.2. The summed E-state index contributed by atoms with van der Waals surface area (Å²) in [5.41, 5.74) is 6.95. The fourth-order valence-electron chi connectivity index (χ4n) is 2.68. The van der Waals surface area contributed by atoms with Gasteiger partial charge in [-0.1, -0.05) is 19.3 Å². The van der Waals surface area contributed by atoms with Gasteiger partial charge in [0.2, 0.25) is 0 Å². The molecule has 1 saturated carbocycles. The Morgan fingerprint density at radius 2 is 2.00 bits per heavy atom. The van der Waals surface area contributed by atoms with E-state index in [1.165, 1.54) is 32.1 Å². The molecule has 100 valence electrons. The third kappa shape index (κ3) is 3.42. The number of hydrogen-bond donors (Lipinski definition) is 1. The van der Waals surface area contributed by atoms with Crippen molar-refractivity contribution >= 4 is 5.82 Å². The lowest BCUT2D eigenvalue weighted by Gasteiger charge is -2.22. The number of nitrogens with two attached hydrogens (primary N) is 1. The van der Waals surface area contributed by atoms with Crippen molar-refractivity contribution in [1.82, 2.24) is 10.2 Å². The SMILES string of the molecule is CC(N)CN(C)c1ccc(C2CCCCC2)nn1. The van der Waals surface area contributed by atoms with Crippen molar-refractivity contribution in [3.8, 4) is 0 Å². The second kappa shape index (κ2) is 6.14. The summed E-state index contributed by atoms with van der Waals surface area (Å²) < 4.78 is 0. The highest BCUT2D eigenvalue weighted by Crippen LogP contribution is 2.31. The number of anilines is 1. The molecule has 1 unspecified atom stereocenters. The van der Waals surface area contributed by atoms with Crippen molar-refractivity contribution in [2.24, 2.45) is 5.73 Å². The maximum Gasteiger partial charge on any atom is 0.151 e. The van der Waals surface area contributed by atoms with E-state index in [0.717, 1.165) is 18.1 Å².